The zero-order valence-electron chi connectivity index (χ0n) is 8.79. The number of hydrogen-bond donors (Lipinski definition) is 1. The number of rotatable bonds is 3. The van der Waals surface area contributed by atoms with Crippen molar-refractivity contribution in [2.75, 3.05) is 19.6 Å². The predicted octanol–water partition coefficient (Wildman–Crippen LogP) is 1.55. The van der Waals surface area contributed by atoms with Crippen LogP contribution in [-0.2, 0) is 0 Å². The summed E-state index contributed by atoms with van der Waals surface area (Å²) in [4.78, 5) is 2.21. The molecular formula is C11H21FN2. The molecule has 2 rings (SSSR count). The first kappa shape index (κ1) is 10.4. The van der Waals surface area contributed by atoms with E-state index in [2.05, 4.69) is 4.90 Å². The van der Waals surface area contributed by atoms with E-state index in [1.54, 1.807) is 0 Å². The fourth-order valence-electron chi connectivity index (χ4n) is 2.48. The van der Waals surface area contributed by atoms with Crippen LogP contribution in [0.5, 0.6) is 0 Å². The third-order valence-electron chi connectivity index (χ3n) is 3.67. The lowest BCUT2D eigenvalue weighted by Gasteiger charge is -2.36. The first-order valence-electron chi connectivity index (χ1n) is 5.87. The second kappa shape index (κ2) is 4.58. The highest BCUT2D eigenvalue weighted by atomic mass is 19.1. The Labute approximate surface area is 85.6 Å². The monoisotopic (exact) mass is 200 g/mol. The van der Waals surface area contributed by atoms with Gasteiger partial charge < -0.3 is 5.73 Å². The minimum absolute atomic E-state index is 0.286. The molecule has 2 atom stereocenters. The van der Waals surface area contributed by atoms with E-state index in [-0.39, 0.29) is 6.04 Å². The highest BCUT2D eigenvalue weighted by molar-refractivity contribution is 4.84. The molecule has 0 aromatic rings. The van der Waals surface area contributed by atoms with E-state index in [4.69, 9.17) is 5.73 Å². The number of likely N-dealkylation sites (tertiary alicyclic amines) is 1. The Kier molecular flexibility index (Phi) is 3.39. The van der Waals surface area contributed by atoms with Crippen LogP contribution >= 0.6 is 0 Å². The van der Waals surface area contributed by atoms with E-state index in [0.29, 0.717) is 6.54 Å². The van der Waals surface area contributed by atoms with Crippen LogP contribution in [0.25, 0.3) is 0 Å². The molecule has 2 unspecified atom stereocenters. The number of nitrogens with two attached hydrogens (primary N) is 1. The maximum Gasteiger partial charge on any atom is 0.113 e. The Bertz CT molecular complexity index is 182. The largest absolute Gasteiger partial charge is 0.326 e. The third kappa shape index (κ3) is 2.45. The third-order valence-corrected chi connectivity index (χ3v) is 3.67. The Morgan fingerprint density at radius 1 is 1.29 bits per heavy atom. The Morgan fingerprint density at radius 2 is 2.07 bits per heavy atom. The first-order valence-corrected chi connectivity index (χ1v) is 5.87. The molecule has 0 bridgehead atoms. The zero-order valence-corrected chi connectivity index (χ0v) is 8.79. The average Bonchev–Trinajstić information content (AvgIpc) is 1.99. The van der Waals surface area contributed by atoms with Gasteiger partial charge in [-0.15, -0.1) is 0 Å². The molecule has 2 fully saturated rings. The lowest BCUT2D eigenvalue weighted by atomic mass is 9.80. The van der Waals surface area contributed by atoms with Crippen LogP contribution in [0, 0.1) is 5.92 Å². The van der Waals surface area contributed by atoms with Gasteiger partial charge in [0.15, 0.2) is 0 Å². The molecule has 1 saturated heterocycles. The highest BCUT2D eigenvalue weighted by Gasteiger charge is 2.27. The van der Waals surface area contributed by atoms with Gasteiger partial charge in [0.05, 0.1) is 0 Å². The van der Waals surface area contributed by atoms with Crippen LogP contribution in [0.3, 0.4) is 0 Å². The van der Waals surface area contributed by atoms with Crippen LogP contribution in [0.1, 0.15) is 32.1 Å². The van der Waals surface area contributed by atoms with Gasteiger partial charge in [0.1, 0.15) is 6.17 Å². The minimum Gasteiger partial charge on any atom is -0.326 e. The summed E-state index contributed by atoms with van der Waals surface area (Å²) in [6, 6.07) is 0.286. The molecule has 0 amide bonds. The second-order valence-corrected chi connectivity index (χ2v) is 4.85. The van der Waals surface area contributed by atoms with Crippen LogP contribution in [0.15, 0.2) is 0 Å². The summed E-state index contributed by atoms with van der Waals surface area (Å²) < 4.78 is 13.1. The maximum atomic E-state index is 13.1. The van der Waals surface area contributed by atoms with E-state index < -0.39 is 6.17 Å². The van der Waals surface area contributed by atoms with Crippen molar-refractivity contribution in [3.8, 4) is 0 Å². The molecule has 1 saturated carbocycles. The molecule has 2 nitrogen and oxygen atoms in total. The van der Waals surface area contributed by atoms with Gasteiger partial charge in [-0.05, 0) is 38.1 Å². The van der Waals surface area contributed by atoms with Gasteiger partial charge in [-0.2, -0.15) is 0 Å². The van der Waals surface area contributed by atoms with Gasteiger partial charge in [-0.25, -0.2) is 4.39 Å². The summed E-state index contributed by atoms with van der Waals surface area (Å²) in [5, 5.41) is 0. The van der Waals surface area contributed by atoms with Crippen molar-refractivity contribution in [2.45, 2.75) is 44.3 Å². The summed E-state index contributed by atoms with van der Waals surface area (Å²) in [5.41, 5.74) is 6.09. The Morgan fingerprint density at radius 3 is 2.64 bits per heavy atom. The highest BCUT2D eigenvalue weighted by Crippen LogP contribution is 2.29. The van der Waals surface area contributed by atoms with Gasteiger partial charge in [0.2, 0.25) is 0 Å². The Balaban J connectivity index is 1.72. The summed E-state index contributed by atoms with van der Waals surface area (Å²) >= 11 is 0. The van der Waals surface area contributed by atoms with Crippen molar-refractivity contribution in [1.29, 1.82) is 0 Å². The van der Waals surface area contributed by atoms with Gasteiger partial charge in [-0.3, -0.25) is 4.90 Å². The molecule has 82 valence electrons. The summed E-state index contributed by atoms with van der Waals surface area (Å²) in [6.45, 7) is 2.56. The molecule has 0 radical (unpaired) electrons. The van der Waals surface area contributed by atoms with E-state index in [0.717, 1.165) is 31.8 Å². The number of nitrogens with zero attached hydrogens (tertiary/aromatic N) is 1. The maximum absolute atomic E-state index is 13.1. The van der Waals surface area contributed by atoms with Crippen molar-refractivity contribution in [3.05, 3.63) is 0 Å². The molecule has 1 aliphatic heterocycles. The van der Waals surface area contributed by atoms with Gasteiger partial charge in [0, 0.05) is 19.1 Å². The lowest BCUT2D eigenvalue weighted by Crippen LogP contribution is -2.47. The topological polar surface area (TPSA) is 29.3 Å². The fraction of sp³-hybridized carbons (Fsp3) is 1.00. The molecule has 0 spiro atoms. The summed E-state index contributed by atoms with van der Waals surface area (Å²) in [5.74, 6) is 0.718. The predicted molar refractivity (Wildman–Crippen MR) is 55.9 cm³/mol. The summed E-state index contributed by atoms with van der Waals surface area (Å²) in [6.07, 6.45) is 5.04. The molecule has 1 aliphatic carbocycles. The minimum atomic E-state index is -0.614. The molecule has 0 aromatic heterocycles. The van der Waals surface area contributed by atoms with Crippen molar-refractivity contribution in [3.63, 3.8) is 0 Å². The van der Waals surface area contributed by atoms with Gasteiger partial charge >= 0.3 is 0 Å². The number of hydrogen-bond acceptors (Lipinski definition) is 2. The van der Waals surface area contributed by atoms with E-state index in [9.17, 15) is 4.39 Å². The van der Waals surface area contributed by atoms with Crippen LogP contribution < -0.4 is 5.73 Å². The first-order chi connectivity index (χ1) is 6.75. The van der Waals surface area contributed by atoms with E-state index >= 15 is 0 Å². The van der Waals surface area contributed by atoms with Gasteiger partial charge in [-0.1, -0.05) is 6.42 Å². The van der Waals surface area contributed by atoms with Crippen LogP contribution in [0.4, 0.5) is 4.39 Å². The fourth-order valence-corrected chi connectivity index (χ4v) is 2.48. The van der Waals surface area contributed by atoms with Crippen molar-refractivity contribution >= 4 is 0 Å². The number of alkyl halides is 1. The number of halogens is 1. The Hall–Kier alpha value is -0.150. The molecule has 3 heteroatoms. The molecule has 1 heterocycles. The van der Waals surface area contributed by atoms with Crippen molar-refractivity contribution in [2.24, 2.45) is 11.7 Å². The number of piperidine rings is 1. The van der Waals surface area contributed by atoms with Crippen LogP contribution in [0.2, 0.25) is 0 Å². The van der Waals surface area contributed by atoms with E-state index in [1.165, 1.54) is 19.3 Å². The quantitative estimate of drug-likeness (QED) is 0.749. The average molecular weight is 200 g/mol. The molecule has 0 aromatic carbocycles. The summed E-state index contributed by atoms with van der Waals surface area (Å²) in [7, 11) is 0. The molecule has 2 aliphatic rings. The van der Waals surface area contributed by atoms with Crippen LogP contribution in [-0.4, -0.2) is 36.7 Å². The smallest absolute Gasteiger partial charge is 0.113 e. The van der Waals surface area contributed by atoms with Crippen molar-refractivity contribution in [1.82, 2.24) is 4.90 Å². The van der Waals surface area contributed by atoms with Gasteiger partial charge in [0.25, 0.3) is 0 Å². The van der Waals surface area contributed by atoms with Crippen molar-refractivity contribution < 1.29 is 4.39 Å². The normalized spacial score (nSPS) is 32.6. The second-order valence-electron chi connectivity index (χ2n) is 4.85. The van der Waals surface area contributed by atoms with E-state index in [1.807, 2.05) is 0 Å². The standard InChI is InChI=1S/C11H21FN2/c12-10-5-2-6-14(7-10)8-11(13)9-3-1-4-9/h9-11H,1-8,13H2. The zero-order chi connectivity index (χ0) is 9.97. The lowest BCUT2D eigenvalue weighted by molar-refractivity contribution is 0.114. The SMILES string of the molecule is NC(CN1CCCC(F)C1)C1CCC1. The molecular weight excluding hydrogens is 179 g/mol. The molecule has 2 N–H and O–H groups in total. The molecule has 14 heavy (non-hydrogen) atoms.